The summed E-state index contributed by atoms with van der Waals surface area (Å²) in [6, 6.07) is 1.59. The Hall–Kier alpha value is -2.22. The summed E-state index contributed by atoms with van der Waals surface area (Å²) in [7, 11) is 0. The minimum atomic E-state index is -0.932. The predicted octanol–water partition coefficient (Wildman–Crippen LogP) is 1.72. The van der Waals surface area contributed by atoms with Gasteiger partial charge in [-0.15, -0.1) is 0 Å². The van der Waals surface area contributed by atoms with Gasteiger partial charge in [-0.25, -0.2) is 4.39 Å². The van der Waals surface area contributed by atoms with Crippen LogP contribution in [0.2, 0.25) is 0 Å². The lowest BCUT2D eigenvalue weighted by atomic mass is 10.1. The van der Waals surface area contributed by atoms with Gasteiger partial charge in [0.15, 0.2) is 5.82 Å². The third kappa shape index (κ3) is 4.99. The number of nitrogen functional groups attached to an aromatic ring is 1. The number of anilines is 1. The summed E-state index contributed by atoms with van der Waals surface area (Å²) >= 11 is 0. The summed E-state index contributed by atoms with van der Waals surface area (Å²) in [5.74, 6) is -1.25. The van der Waals surface area contributed by atoms with Gasteiger partial charge < -0.3 is 15.8 Å². The van der Waals surface area contributed by atoms with Crippen LogP contribution >= 0.6 is 0 Å². The zero-order valence-corrected chi connectivity index (χ0v) is 11.9. The van der Waals surface area contributed by atoms with Crippen molar-refractivity contribution in [2.45, 2.75) is 13.8 Å². The van der Waals surface area contributed by atoms with Gasteiger partial charge >= 0.3 is 0 Å². The second-order valence-electron chi connectivity index (χ2n) is 4.87. The number of benzene rings is 1. The van der Waals surface area contributed by atoms with E-state index in [0.29, 0.717) is 18.6 Å². The largest absolute Gasteiger partial charge is 0.396 e. The molecule has 0 radical (unpaired) electrons. The van der Waals surface area contributed by atoms with Gasteiger partial charge in [-0.2, -0.15) is 0 Å². The van der Waals surface area contributed by atoms with E-state index in [9.17, 15) is 19.3 Å². The minimum Gasteiger partial charge on any atom is -0.396 e. The number of ether oxygens (including phenoxy) is 1. The number of nitrogens with zero attached hydrogens (tertiary/aromatic N) is 1. The van der Waals surface area contributed by atoms with Crippen molar-refractivity contribution in [3.63, 3.8) is 0 Å². The van der Waals surface area contributed by atoms with Crippen LogP contribution in [0.25, 0.3) is 0 Å². The molecule has 1 amide bonds. The lowest BCUT2D eigenvalue weighted by Crippen LogP contribution is -2.28. The molecule has 0 aliphatic carbocycles. The molecule has 3 N–H and O–H groups in total. The summed E-state index contributed by atoms with van der Waals surface area (Å²) in [6.07, 6.45) is 0. The summed E-state index contributed by atoms with van der Waals surface area (Å²) < 4.78 is 18.5. The Balaban J connectivity index is 2.69. The van der Waals surface area contributed by atoms with Crippen molar-refractivity contribution in [3.05, 3.63) is 33.6 Å². The number of nitrogens with two attached hydrogens (primary N) is 1. The van der Waals surface area contributed by atoms with E-state index in [1.807, 2.05) is 13.8 Å². The molecule has 0 fully saturated rings. The first-order valence-electron chi connectivity index (χ1n) is 6.42. The molecular formula is C13H18FN3O4. The molecule has 21 heavy (non-hydrogen) atoms. The van der Waals surface area contributed by atoms with Crippen LogP contribution in [0.1, 0.15) is 24.2 Å². The first kappa shape index (κ1) is 16.8. The van der Waals surface area contributed by atoms with Crippen molar-refractivity contribution in [2.24, 2.45) is 5.92 Å². The highest BCUT2D eigenvalue weighted by molar-refractivity contribution is 5.99. The van der Waals surface area contributed by atoms with E-state index in [-0.39, 0.29) is 24.4 Å². The van der Waals surface area contributed by atoms with Crippen molar-refractivity contribution < 1.29 is 18.8 Å². The third-order valence-corrected chi connectivity index (χ3v) is 2.54. The summed E-state index contributed by atoms with van der Waals surface area (Å²) in [5.41, 5.74) is 4.12. The number of rotatable bonds is 7. The Morgan fingerprint density at radius 1 is 1.52 bits per heavy atom. The first-order chi connectivity index (χ1) is 9.82. The second-order valence-corrected chi connectivity index (χ2v) is 4.87. The molecule has 0 saturated heterocycles. The number of hydrogen-bond donors (Lipinski definition) is 2. The van der Waals surface area contributed by atoms with E-state index >= 15 is 0 Å². The average Bonchev–Trinajstić information content (AvgIpc) is 2.40. The number of halogens is 1. The molecule has 0 atom stereocenters. The molecule has 1 aromatic carbocycles. The van der Waals surface area contributed by atoms with Crippen LogP contribution in [-0.4, -0.2) is 30.6 Å². The van der Waals surface area contributed by atoms with Gasteiger partial charge in [0, 0.05) is 13.2 Å². The van der Waals surface area contributed by atoms with Gasteiger partial charge in [0.1, 0.15) is 5.56 Å². The van der Waals surface area contributed by atoms with E-state index < -0.39 is 22.3 Å². The fraction of sp³-hybridized carbons (Fsp3) is 0.462. The standard InChI is InChI=1S/C13H18FN3O4/c1-8(2)7-21-4-3-16-13(18)9-5-11(15)10(14)6-12(9)17(19)20/h5-6,8H,3-4,7,15H2,1-2H3,(H,16,18). The Bertz CT molecular complexity index is 534. The Morgan fingerprint density at radius 2 is 2.19 bits per heavy atom. The van der Waals surface area contributed by atoms with E-state index in [2.05, 4.69) is 5.32 Å². The maximum atomic E-state index is 13.2. The zero-order chi connectivity index (χ0) is 16.0. The number of nitro benzene ring substituents is 1. The molecule has 0 aliphatic heterocycles. The smallest absolute Gasteiger partial charge is 0.285 e. The summed E-state index contributed by atoms with van der Waals surface area (Å²) in [5, 5.41) is 13.3. The number of carbonyl (C=O) groups is 1. The fourth-order valence-electron chi connectivity index (χ4n) is 1.56. The molecule has 0 heterocycles. The van der Waals surface area contributed by atoms with Gasteiger partial charge in [-0.3, -0.25) is 14.9 Å². The van der Waals surface area contributed by atoms with Crippen molar-refractivity contribution >= 4 is 17.3 Å². The monoisotopic (exact) mass is 299 g/mol. The predicted molar refractivity (Wildman–Crippen MR) is 75.5 cm³/mol. The molecule has 1 rings (SSSR count). The van der Waals surface area contributed by atoms with Gasteiger partial charge in [0.2, 0.25) is 0 Å². The molecule has 0 spiro atoms. The fourth-order valence-corrected chi connectivity index (χ4v) is 1.56. The highest BCUT2D eigenvalue weighted by atomic mass is 19.1. The van der Waals surface area contributed by atoms with E-state index in [1.165, 1.54) is 0 Å². The molecule has 0 saturated carbocycles. The van der Waals surface area contributed by atoms with Crippen LogP contribution in [0.3, 0.4) is 0 Å². The van der Waals surface area contributed by atoms with Gasteiger partial charge in [0.25, 0.3) is 11.6 Å². The van der Waals surface area contributed by atoms with Crippen LogP contribution < -0.4 is 11.1 Å². The van der Waals surface area contributed by atoms with Crippen LogP contribution in [0.5, 0.6) is 0 Å². The number of amides is 1. The first-order valence-corrected chi connectivity index (χ1v) is 6.42. The summed E-state index contributed by atoms with van der Waals surface area (Å²) in [6.45, 7) is 5.01. The van der Waals surface area contributed by atoms with Gasteiger partial charge in [0.05, 0.1) is 23.3 Å². The molecular weight excluding hydrogens is 281 g/mol. The molecule has 0 unspecified atom stereocenters. The number of nitro groups is 1. The van der Waals surface area contributed by atoms with Crippen LogP contribution in [0, 0.1) is 21.8 Å². The Morgan fingerprint density at radius 3 is 2.76 bits per heavy atom. The Labute approximate surface area is 121 Å². The highest BCUT2D eigenvalue weighted by Crippen LogP contribution is 2.24. The van der Waals surface area contributed by atoms with Crippen LogP contribution in [0.15, 0.2) is 12.1 Å². The third-order valence-electron chi connectivity index (χ3n) is 2.54. The van der Waals surface area contributed by atoms with E-state index in [0.717, 1.165) is 6.07 Å². The number of carbonyl (C=O) groups excluding carboxylic acids is 1. The molecule has 116 valence electrons. The number of hydrogen-bond acceptors (Lipinski definition) is 5. The summed E-state index contributed by atoms with van der Waals surface area (Å²) in [4.78, 5) is 21.9. The zero-order valence-electron chi connectivity index (χ0n) is 11.9. The normalized spacial score (nSPS) is 10.7. The minimum absolute atomic E-state index is 0.194. The van der Waals surface area contributed by atoms with Crippen molar-refractivity contribution in [1.29, 1.82) is 0 Å². The highest BCUT2D eigenvalue weighted by Gasteiger charge is 2.22. The molecule has 0 aliphatic rings. The van der Waals surface area contributed by atoms with Crippen LogP contribution in [0.4, 0.5) is 15.8 Å². The van der Waals surface area contributed by atoms with E-state index in [4.69, 9.17) is 10.5 Å². The number of nitrogens with one attached hydrogen (secondary N) is 1. The SMILES string of the molecule is CC(C)COCCNC(=O)c1cc(N)c(F)cc1[N+](=O)[O-]. The second kappa shape index (κ2) is 7.53. The maximum absolute atomic E-state index is 13.2. The van der Waals surface area contributed by atoms with E-state index in [1.54, 1.807) is 0 Å². The van der Waals surface area contributed by atoms with Crippen molar-refractivity contribution in [3.8, 4) is 0 Å². The molecule has 0 bridgehead atoms. The lowest BCUT2D eigenvalue weighted by molar-refractivity contribution is -0.385. The van der Waals surface area contributed by atoms with Crippen molar-refractivity contribution in [1.82, 2.24) is 5.32 Å². The lowest BCUT2D eigenvalue weighted by Gasteiger charge is -2.09. The quantitative estimate of drug-likeness (QED) is 0.345. The topological polar surface area (TPSA) is 107 Å². The average molecular weight is 299 g/mol. The van der Waals surface area contributed by atoms with Gasteiger partial charge in [-0.1, -0.05) is 13.8 Å². The maximum Gasteiger partial charge on any atom is 0.285 e. The molecule has 0 aromatic heterocycles. The Kier molecular flexibility index (Phi) is 6.04. The molecule has 8 heteroatoms. The van der Waals surface area contributed by atoms with Crippen molar-refractivity contribution in [2.75, 3.05) is 25.5 Å². The molecule has 7 nitrogen and oxygen atoms in total. The van der Waals surface area contributed by atoms with Gasteiger partial charge in [-0.05, 0) is 12.0 Å². The van der Waals surface area contributed by atoms with Crippen LogP contribution in [-0.2, 0) is 4.74 Å². The molecule has 1 aromatic rings.